The van der Waals surface area contributed by atoms with Gasteiger partial charge in [-0.1, -0.05) is 24.3 Å². The molecule has 2 aromatic rings. The van der Waals surface area contributed by atoms with Gasteiger partial charge < -0.3 is 15.5 Å². The molecule has 2 N–H and O–H groups in total. The Morgan fingerprint density at radius 2 is 1.59 bits per heavy atom. The highest BCUT2D eigenvalue weighted by Gasteiger charge is 2.20. The second-order valence-electron chi connectivity index (χ2n) is 7.33. The van der Waals surface area contributed by atoms with E-state index in [4.69, 9.17) is 0 Å². The molecule has 154 valence electrons. The van der Waals surface area contributed by atoms with Crippen LogP contribution in [0.25, 0.3) is 0 Å². The van der Waals surface area contributed by atoms with Gasteiger partial charge in [-0.25, -0.2) is 4.39 Å². The lowest BCUT2D eigenvalue weighted by Crippen LogP contribution is -2.46. The van der Waals surface area contributed by atoms with Crippen molar-refractivity contribution in [1.29, 1.82) is 0 Å². The van der Waals surface area contributed by atoms with Gasteiger partial charge in [-0.2, -0.15) is 0 Å². The molecule has 0 aromatic heterocycles. The van der Waals surface area contributed by atoms with Crippen molar-refractivity contribution in [2.45, 2.75) is 26.9 Å². The van der Waals surface area contributed by atoms with Crippen LogP contribution >= 0.6 is 0 Å². The average molecular weight is 398 g/mol. The largest absolute Gasteiger partial charge is 0.367 e. The zero-order valence-electron chi connectivity index (χ0n) is 16.9. The third-order valence-electron chi connectivity index (χ3n) is 4.95. The van der Waals surface area contributed by atoms with Crippen molar-refractivity contribution in [2.75, 3.05) is 36.4 Å². The molecule has 0 aliphatic carbocycles. The summed E-state index contributed by atoms with van der Waals surface area (Å²) in [4.78, 5) is 27.0. The number of anilines is 2. The van der Waals surface area contributed by atoms with E-state index in [1.807, 2.05) is 12.1 Å². The fraction of sp³-hybridized carbons (Fsp3) is 0.364. The smallest absolute Gasteiger partial charge is 0.221 e. The fourth-order valence-electron chi connectivity index (χ4n) is 3.47. The van der Waals surface area contributed by atoms with Crippen LogP contribution in [0.2, 0.25) is 0 Å². The van der Waals surface area contributed by atoms with Crippen LogP contribution in [0.5, 0.6) is 0 Å². The van der Waals surface area contributed by atoms with Crippen molar-refractivity contribution in [2.24, 2.45) is 0 Å². The Kier molecular flexibility index (Phi) is 6.82. The molecule has 1 saturated heterocycles. The van der Waals surface area contributed by atoms with Crippen LogP contribution in [0.1, 0.15) is 25.0 Å². The van der Waals surface area contributed by atoms with E-state index in [2.05, 4.69) is 32.6 Å². The van der Waals surface area contributed by atoms with E-state index in [1.165, 1.54) is 31.5 Å². The Balaban J connectivity index is 1.56. The minimum absolute atomic E-state index is 0.0326. The van der Waals surface area contributed by atoms with Crippen LogP contribution in [-0.4, -0.2) is 42.9 Å². The normalized spacial score (nSPS) is 14.5. The third kappa shape index (κ3) is 6.02. The molecule has 0 bridgehead atoms. The molecule has 29 heavy (non-hydrogen) atoms. The van der Waals surface area contributed by atoms with Crippen LogP contribution in [0.3, 0.4) is 0 Å². The first-order chi connectivity index (χ1) is 13.9. The van der Waals surface area contributed by atoms with E-state index in [-0.39, 0.29) is 17.6 Å². The molecule has 2 aromatic carbocycles. The number of benzene rings is 2. The van der Waals surface area contributed by atoms with Gasteiger partial charge in [0.05, 0.1) is 11.4 Å². The van der Waals surface area contributed by atoms with Crippen LogP contribution in [0, 0.1) is 5.82 Å². The Labute approximate surface area is 170 Å². The van der Waals surface area contributed by atoms with Gasteiger partial charge in [0.1, 0.15) is 5.82 Å². The summed E-state index contributed by atoms with van der Waals surface area (Å²) in [5, 5.41) is 5.52. The van der Waals surface area contributed by atoms with Crippen LogP contribution in [0.4, 0.5) is 15.8 Å². The first-order valence-electron chi connectivity index (χ1n) is 9.77. The van der Waals surface area contributed by atoms with Gasteiger partial charge in [-0.15, -0.1) is 0 Å². The van der Waals surface area contributed by atoms with E-state index in [9.17, 15) is 14.0 Å². The number of piperazine rings is 1. The minimum atomic E-state index is -0.363. The number of halogens is 1. The Bertz CT molecular complexity index is 862. The maximum absolute atomic E-state index is 13.6. The van der Waals surface area contributed by atoms with Gasteiger partial charge in [-0.3, -0.25) is 14.5 Å². The van der Waals surface area contributed by atoms with Gasteiger partial charge in [0.2, 0.25) is 11.8 Å². The predicted octanol–water partition coefficient (Wildman–Crippen LogP) is 2.74. The van der Waals surface area contributed by atoms with Crippen LogP contribution in [-0.2, 0) is 22.7 Å². The van der Waals surface area contributed by atoms with E-state index in [0.29, 0.717) is 12.2 Å². The number of carbonyl (C=O) groups is 2. The highest BCUT2D eigenvalue weighted by Crippen LogP contribution is 2.28. The molecule has 1 fully saturated rings. The highest BCUT2D eigenvalue weighted by molar-refractivity contribution is 5.92. The summed E-state index contributed by atoms with van der Waals surface area (Å²) in [6.07, 6.45) is 0. The molecule has 0 atom stereocenters. The molecule has 1 aliphatic heterocycles. The average Bonchev–Trinajstić information content (AvgIpc) is 2.68. The van der Waals surface area contributed by atoms with Crippen molar-refractivity contribution in [3.63, 3.8) is 0 Å². The molecule has 0 radical (unpaired) electrons. The summed E-state index contributed by atoms with van der Waals surface area (Å²) < 4.78 is 13.6. The van der Waals surface area contributed by atoms with E-state index in [1.54, 1.807) is 6.07 Å². The molecule has 3 rings (SSSR count). The van der Waals surface area contributed by atoms with E-state index in [0.717, 1.165) is 44.0 Å². The molecule has 2 amide bonds. The number of nitrogens with one attached hydrogen (secondary N) is 2. The number of carbonyl (C=O) groups excluding carboxylic acids is 2. The molecule has 1 heterocycles. The fourth-order valence-corrected chi connectivity index (χ4v) is 3.47. The van der Waals surface area contributed by atoms with E-state index < -0.39 is 0 Å². The number of amides is 2. The van der Waals surface area contributed by atoms with Crippen molar-refractivity contribution < 1.29 is 14.0 Å². The maximum Gasteiger partial charge on any atom is 0.221 e. The minimum Gasteiger partial charge on any atom is -0.367 e. The number of hydrogen-bond acceptors (Lipinski definition) is 4. The summed E-state index contributed by atoms with van der Waals surface area (Å²) >= 11 is 0. The first kappa shape index (κ1) is 20.8. The standard InChI is InChI=1S/C22H27FN4O2/c1-16(28)24-14-18-3-5-19(6-4-18)15-26-9-11-27(12-10-26)22-8-7-20(23)13-21(22)25-17(2)29/h3-8,13H,9-12,14-15H2,1-2H3,(H,24,28)(H,25,29). The molecule has 0 spiro atoms. The zero-order chi connectivity index (χ0) is 20.8. The number of hydrogen-bond donors (Lipinski definition) is 2. The molecule has 1 aliphatic rings. The number of rotatable bonds is 6. The first-order valence-corrected chi connectivity index (χ1v) is 9.77. The highest BCUT2D eigenvalue weighted by atomic mass is 19.1. The van der Waals surface area contributed by atoms with E-state index >= 15 is 0 Å². The summed E-state index contributed by atoms with van der Waals surface area (Å²) in [6, 6.07) is 12.8. The molecular weight excluding hydrogens is 371 g/mol. The summed E-state index contributed by atoms with van der Waals surface area (Å²) in [7, 11) is 0. The number of nitrogens with zero attached hydrogens (tertiary/aromatic N) is 2. The molecule has 0 saturated carbocycles. The molecular formula is C22H27FN4O2. The second-order valence-corrected chi connectivity index (χ2v) is 7.33. The maximum atomic E-state index is 13.6. The van der Waals surface area contributed by atoms with Gasteiger partial charge in [0.15, 0.2) is 0 Å². The third-order valence-corrected chi connectivity index (χ3v) is 4.95. The van der Waals surface area contributed by atoms with Crippen molar-refractivity contribution in [3.8, 4) is 0 Å². The summed E-state index contributed by atoms with van der Waals surface area (Å²) in [5.74, 6) is -0.606. The van der Waals surface area contributed by atoms with Gasteiger partial charge in [0.25, 0.3) is 0 Å². The molecule has 0 unspecified atom stereocenters. The lowest BCUT2D eigenvalue weighted by molar-refractivity contribution is -0.119. The zero-order valence-corrected chi connectivity index (χ0v) is 16.9. The summed E-state index contributed by atoms with van der Waals surface area (Å²) in [6.45, 7) is 7.71. The topological polar surface area (TPSA) is 64.7 Å². The SMILES string of the molecule is CC(=O)NCc1ccc(CN2CCN(c3ccc(F)cc3NC(C)=O)CC2)cc1. The summed E-state index contributed by atoms with van der Waals surface area (Å²) in [5.41, 5.74) is 3.67. The van der Waals surface area contributed by atoms with Crippen molar-refractivity contribution >= 4 is 23.2 Å². The quantitative estimate of drug-likeness (QED) is 0.785. The lowest BCUT2D eigenvalue weighted by atomic mass is 10.1. The Hall–Kier alpha value is -2.93. The van der Waals surface area contributed by atoms with Gasteiger partial charge in [-0.05, 0) is 29.3 Å². The van der Waals surface area contributed by atoms with Crippen molar-refractivity contribution in [1.82, 2.24) is 10.2 Å². The van der Waals surface area contributed by atoms with Gasteiger partial charge in [0, 0.05) is 53.1 Å². The monoisotopic (exact) mass is 398 g/mol. The molecule has 6 nitrogen and oxygen atoms in total. The van der Waals surface area contributed by atoms with Crippen LogP contribution < -0.4 is 15.5 Å². The second kappa shape index (κ2) is 9.52. The van der Waals surface area contributed by atoms with Gasteiger partial charge >= 0.3 is 0 Å². The van der Waals surface area contributed by atoms with Crippen molar-refractivity contribution in [3.05, 3.63) is 59.4 Å². The van der Waals surface area contributed by atoms with Crippen LogP contribution in [0.15, 0.2) is 42.5 Å². The lowest BCUT2D eigenvalue weighted by Gasteiger charge is -2.37. The Morgan fingerprint density at radius 1 is 0.931 bits per heavy atom. The molecule has 7 heteroatoms. The predicted molar refractivity (Wildman–Crippen MR) is 112 cm³/mol. The Morgan fingerprint density at radius 3 is 2.21 bits per heavy atom.